The Balaban J connectivity index is 0.000000178. The number of piperidine rings is 1. The standard InChI is InChI=1S/C30H36N2O4.C23H24N2O2.C23H23NO3.2C2H6/c1-20-13-14-24(35-23-15-17-32(18-16-23)29(34)36-30(3,4)5)19-27(20)28(33)31-21(2)25-12-8-10-22-9-6-7-11-26(22)25;1-15-10-11-18(27-19-13-24-14-19)12-22(15)23(26)25-16(2)20-9-5-7-17-6-3-4-8-21(17)20;1-15-10-11-18(27-19-13-26-14-19)12-22(15)23(25)24-16(2)20-9-5-7-17-6-3-4-8-21(17)20;2*1-2/h6-14,19,21,23H,15-18H2,1-5H3,(H,31,33);3-12,16,19,24H,13-14H2,1-2H3,(H,25,26);3-12,16,19H,13-14H2,1-2H3,(H,24,25);2*1-2H3. The summed E-state index contributed by atoms with van der Waals surface area (Å²) in [5.41, 5.74) is 7.47. The van der Waals surface area contributed by atoms with Crippen LogP contribution < -0.4 is 35.5 Å². The molecule has 9 aromatic rings. The molecule has 14 nitrogen and oxygen atoms in total. The molecule has 4 amide bonds. The third-order valence-electron chi connectivity index (χ3n) is 16.6. The van der Waals surface area contributed by atoms with Crippen LogP contribution in [0.1, 0.15) is 165 Å². The van der Waals surface area contributed by atoms with Gasteiger partial charge in [0, 0.05) is 55.7 Å². The summed E-state index contributed by atoms with van der Waals surface area (Å²) in [4.78, 5) is 53.1. The van der Waals surface area contributed by atoms with Gasteiger partial charge in [-0.15, -0.1) is 0 Å². The van der Waals surface area contributed by atoms with Gasteiger partial charge in [0.05, 0.1) is 31.3 Å². The summed E-state index contributed by atoms with van der Waals surface area (Å²) in [6, 6.07) is 59.9. The smallest absolute Gasteiger partial charge is 0.410 e. The van der Waals surface area contributed by atoms with E-state index in [0.717, 1.165) is 68.4 Å². The number of likely N-dealkylation sites (tertiary alicyclic amines) is 1. The molecule has 3 aliphatic rings. The van der Waals surface area contributed by atoms with Crippen LogP contribution in [0.25, 0.3) is 32.3 Å². The summed E-state index contributed by atoms with van der Waals surface area (Å²) in [7, 11) is 0. The van der Waals surface area contributed by atoms with E-state index in [-0.39, 0.29) is 60.3 Å². The Bertz CT molecular complexity index is 3840. The number of nitrogens with one attached hydrogen (secondary N) is 4. The maximum atomic E-state index is 13.2. The number of hydrogen-bond acceptors (Lipinski definition) is 10. The Morgan fingerprint density at radius 3 is 1.11 bits per heavy atom. The van der Waals surface area contributed by atoms with Crippen LogP contribution in [0.4, 0.5) is 4.79 Å². The van der Waals surface area contributed by atoms with E-state index in [4.69, 9.17) is 23.7 Å². The van der Waals surface area contributed by atoms with E-state index in [0.29, 0.717) is 67.3 Å². The van der Waals surface area contributed by atoms with Gasteiger partial charge in [-0.1, -0.05) is 173 Å². The van der Waals surface area contributed by atoms with Crippen molar-refractivity contribution in [3.8, 4) is 17.2 Å². The van der Waals surface area contributed by atoms with Gasteiger partial charge in [0.1, 0.15) is 41.2 Å². The second-order valence-electron chi connectivity index (χ2n) is 24.7. The predicted molar refractivity (Wildman–Crippen MR) is 380 cm³/mol. The average molecular weight is 1270 g/mol. The molecule has 0 bridgehead atoms. The van der Waals surface area contributed by atoms with Crippen LogP contribution >= 0.6 is 0 Å². The molecule has 3 atom stereocenters. The fraction of sp³-hybridized carbons (Fsp3) is 0.350. The van der Waals surface area contributed by atoms with Gasteiger partial charge in [-0.05, 0) is 164 Å². The predicted octanol–water partition coefficient (Wildman–Crippen LogP) is 16.9. The van der Waals surface area contributed by atoms with Gasteiger partial charge in [-0.2, -0.15) is 0 Å². The molecule has 4 N–H and O–H groups in total. The molecule has 0 aromatic heterocycles. The summed E-state index contributed by atoms with van der Waals surface area (Å²) in [6.45, 7) is 29.6. The van der Waals surface area contributed by atoms with E-state index >= 15 is 0 Å². The molecule has 0 radical (unpaired) electrons. The summed E-state index contributed by atoms with van der Waals surface area (Å²) < 4.78 is 28.6. The number of hydrogen-bond donors (Lipinski definition) is 4. The highest BCUT2D eigenvalue weighted by Crippen LogP contribution is 2.31. The van der Waals surface area contributed by atoms with Gasteiger partial charge < -0.3 is 49.9 Å². The van der Waals surface area contributed by atoms with Gasteiger partial charge in [0.15, 0.2) is 0 Å². The maximum Gasteiger partial charge on any atom is 0.410 e. The number of rotatable bonds is 15. The molecular formula is C80H95N5O9. The summed E-state index contributed by atoms with van der Waals surface area (Å²) in [5, 5.41) is 19.6. The van der Waals surface area contributed by atoms with Crippen LogP contribution in [0.3, 0.4) is 0 Å². The number of ether oxygens (including phenoxy) is 5. The van der Waals surface area contributed by atoms with Crippen molar-refractivity contribution in [1.82, 2.24) is 26.2 Å². The lowest BCUT2D eigenvalue weighted by molar-refractivity contribution is -0.0797. The van der Waals surface area contributed by atoms with Crippen LogP contribution in [-0.4, -0.2) is 92.0 Å². The highest BCUT2D eigenvalue weighted by atomic mass is 16.6. The van der Waals surface area contributed by atoms with Crippen molar-refractivity contribution in [2.45, 2.75) is 145 Å². The van der Waals surface area contributed by atoms with Crippen LogP contribution in [0.2, 0.25) is 0 Å². The van der Waals surface area contributed by atoms with Gasteiger partial charge in [-0.3, -0.25) is 14.4 Å². The van der Waals surface area contributed by atoms with E-state index in [9.17, 15) is 19.2 Å². The maximum absolute atomic E-state index is 13.2. The first-order chi connectivity index (χ1) is 45.3. The zero-order valence-corrected chi connectivity index (χ0v) is 57.1. The number of carbonyl (C=O) groups excluding carboxylic acids is 4. The number of nitrogens with zero attached hydrogens (tertiary/aromatic N) is 1. The quantitative estimate of drug-likeness (QED) is 0.0776. The molecule has 3 saturated heterocycles. The molecule has 9 aromatic carbocycles. The van der Waals surface area contributed by atoms with Crippen molar-refractivity contribution in [2.75, 3.05) is 39.4 Å². The van der Waals surface area contributed by atoms with Gasteiger partial charge in [0.2, 0.25) is 0 Å². The largest absolute Gasteiger partial charge is 0.490 e. The van der Waals surface area contributed by atoms with E-state index < -0.39 is 5.60 Å². The number of benzene rings is 9. The zero-order chi connectivity index (χ0) is 67.5. The third kappa shape index (κ3) is 18.8. The molecule has 0 aliphatic carbocycles. The van der Waals surface area contributed by atoms with Gasteiger partial charge in [0.25, 0.3) is 17.7 Å². The first-order valence-electron chi connectivity index (χ1n) is 33.3. The Hall–Kier alpha value is -9.24. The molecule has 494 valence electrons. The van der Waals surface area contributed by atoms with Crippen molar-refractivity contribution in [3.05, 3.63) is 232 Å². The second-order valence-corrected chi connectivity index (χ2v) is 24.7. The Morgan fingerprint density at radius 1 is 0.457 bits per heavy atom. The number of amides is 4. The van der Waals surface area contributed by atoms with Crippen LogP contribution in [0, 0.1) is 20.8 Å². The van der Waals surface area contributed by atoms with Crippen LogP contribution in [-0.2, 0) is 9.47 Å². The normalized spacial score (nSPS) is 14.8. The minimum atomic E-state index is -0.506. The molecule has 12 rings (SSSR count). The molecular weight excluding hydrogens is 1170 g/mol. The molecule has 3 aliphatic heterocycles. The fourth-order valence-corrected chi connectivity index (χ4v) is 11.4. The lowest BCUT2D eigenvalue weighted by Gasteiger charge is -2.33. The lowest BCUT2D eigenvalue weighted by atomic mass is 9.99. The van der Waals surface area contributed by atoms with Gasteiger partial charge in [-0.25, -0.2) is 4.79 Å². The van der Waals surface area contributed by atoms with Crippen molar-refractivity contribution in [2.24, 2.45) is 0 Å². The third-order valence-corrected chi connectivity index (χ3v) is 16.6. The first-order valence-corrected chi connectivity index (χ1v) is 33.3. The molecule has 0 spiro atoms. The number of carbonyl (C=O) groups is 4. The first kappa shape index (κ1) is 70.6. The van der Waals surface area contributed by atoms with E-state index in [1.54, 1.807) is 4.90 Å². The number of aryl methyl sites for hydroxylation is 3. The van der Waals surface area contributed by atoms with Crippen molar-refractivity contribution in [3.63, 3.8) is 0 Å². The highest BCUT2D eigenvalue weighted by Gasteiger charge is 2.29. The Labute approximate surface area is 556 Å². The number of fused-ring (bicyclic) bond motifs is 3. The minimum absolute atomic E-state index is 0.0167. The fourth-order valence-electron chi connectivity index (χ4n) is 11.4. The topological polar surface area (TPSA) is 166 Å². The highest BCUT2D eigenvalue weighted by molar-refractivity contribution is 5.99. The minimum Gasteiger partial charge on any atom is -0.490 e. The molecule has 3 heterocycles. The lowest BCUT2D eigenvalue weighted by Crippen LogP contribution is -2.50. The average Bonchev–Trinajstić information content (AvgIpc) is 0.854. The molecule has 0 saturated carbocycles. The van der Waals surface area contributed by atoms with E-state index in [1.165, 1.54) is 16.2 Å². The van der Waals surface area contributed by atoms with Gasteiger partial charge >= 0.3 is 6.09 Å². The van der Waals surface area contributed by atoms with Crippen LogP contribution in [0.15, 0.2) is 182 Å². The summed E-state index contributed by atoms with van der Waals surface area (Å²) in [5.74, 6) is 1.82. The van der Waals surface area contributed by atoms with Crippen molar-refractivity contribution >= 4 is 56.1 Å². The summed E-state index contributed by atoms with van der Waals surface area (Å²) in [6.07, 6.45) is 1.41. The molecule has 14 heteroatoms. The molecule has 94 heavy (non-hydrogen) atoms. The Morgan fingerprint density at radius 2 is 0.787 bits per heavy atom. The monoisotopic (exact) mass is 1270 g/mol. The SMILES string of the molecule is CC.CC.Cc1ccc(OC2CCN(C(=O)OC(C)(C)C)CC2)cc1C(=O)NC(C)c1cccc2ccccc12.Cc1ccc(OC2CNC2)cc1C(=O)NC(C)c1cccc2ccccc12.Cc1ccc(OC2COC2)cc1C(=O)NC(C)c1cccc2ccccc12. The van der Waals surface area contributed by atoms with Crippen LogP contribution in [0.5, 0.6) is 17.2 Å². The van der Waals surface area contributed by atoms with Crippen molar-refractivity contribution in [1.29, 1.82) is 0 Å². The van der Waals surface area contributed by atoms with E-state index in [2.05, 4.69) is 94.1 Å². The van der Waals surface area contributed by atoms with Crippen molar-refractivity contribution < 1.29 is 42.9 Å². The molecule has 3 fully saturated rings. The second kappa shape index (κ2) is 33.6. The van der Waals surface area contributed by atoms with E-state index in [1.807, 2.05) is 199 Å². The molecule has 3 unspecified atom stereocenters. The zero-order valence-electron chi connectivity index (χ0n) is 57.1. The Kier molecular flexibility index (Phi) is 25.2. The summed E-state index contributed by atoms with van der Waals surface area (Å²) >= 11 is 0.